The van der Waals surface area contributed by atoms with Gasteiger partial charge in [-0.15, -0.1) is 0 Å². The van der Waals surface area contributed by atoms with Gasteiger partial charge in [0.05, 0.1) is 25.3 Å². The van der Waals surface area contributed by atoms with E-state index >= 15 is 0 Å². The van der Waals surface area contributed by atoms with Gasteiger partial charge in [0.1, 0.15) is 0 Å². The van der Waals surface area contributed by atoms with Crippen molar-refractivity contribution in [2.45, 2.75) is 6.42 Å². The molecule has 0 heterocycles. The summed E-state index contributed by atoms with van der Waals surface area (Å²) in [7, 11) is 1.47. The molecule has 170 valence electrons. The highest BCUT2D eigenvalue weighted by molar-refractivity contribution is 6.30. The second-order valence-corrected chi connectivity index (χ2v) is 7.85. The van der Waals surface area contributed by atoms with Gasteiger partial charge in [-0.2, -0.15) is 5.10 Å². The molecule has 1 amide bonds. The number of carbonyl (C=O) groups is 2. The summed E-state index contributed by atoms with van der Waals surface area (Å²) in [4.78, 5) is 24.7. The molecule has 4 rings (SSSR count). The summed E-state index contributed by atoms with van der Waals surface area (Å²) in [6.07, 6.45) is 1.70. The zero-order valence-electron chi connectivity index (χ0n) is 18.3. The van der Waals surface area contributed by atoms with Crippen LogP contribution in [0, 0.1) is 0 Å². The van der Waals surface area contributed by atoms with Gasteiger partial charge in [-0.05, 0) is 64.4 Å². The average Bonchev–Trinajstić information content (AvgIpc) is 2.85. The van der Waals surface area contributed by atoms with E-state index in [0.717, 1.165) is 16.3 Å². The van der Waals surface area contributed by atoms with Crippen LogP contribution in [-0.2, 0) is 11.2 Å². The second-order valence-electron chi connectivity index (χ2n) is 7.41. The van der Waals surface area contributed by atoms with Gasteiger partial charge in [0.25, 0.3) is 0 Å². The molecule has 4 aromatic rings. The smallest absolute Gasteiger partial charge is 0.343 e. The van der Waals surface area contributed by atoms with Gasteiger partial charge in [-0.1, -0.05) is 54.1 Å². The van der Waals surface area contributed by atoms with Crippen LogP contribution in [0.1, 0.15) is 21.5 Å². The number of esters is 1. The number of halogens is 1. The van der Waals surface area contributed by atoms with Crippen molar-refractivity contribution < 1.29 is 19.1 Å². The summed E-state index contributed by atoms with van der Waals surface area (Å²) >= 11 is 5.86. The number of hydrogen-bond donors (Lipinski definition) is 1. The van der Waals surface area contributed by atoms with Crippen LogP contribution in [0.15, 0.2) is 90.0 Å². The van der Waals surface area contributed by atoms with Crippen LogP contribution >= 0.6 is 11.6 Å². The number of hydrogen-bond acceptors (Lipinski definition) is 5. The Hall–Kier alpha value is -4.16. The minimum atomic E-state index is -0.530. The molecule has 0 saturated heterocycles. The highest BCUT2D eigenvalue weighted by atomic mass is 35.5. The molecule has 1 N–H and O–H groups in total. The SMILES string of the molecule is COc1cc(/C=N/NC(=O)Cc2cccc3ccccc23)ccc1OC(=O)c1ccc(Cl)cc1. The van der Waals surface area contributed by atoms with Crippen molar-refractivity contribution in [1.29, 1.82) is 0 Å². The minimum absolute atomic E-state index is 0.210. The normalized spacial score (nSPS) is 10.9. The summed E-state index contributed by atoms with van der Waals surface area (Å²) in [6.45, 7) is 0. The molecule has 6 nitrogen and oxygen atoms in total. The quantitative estimate of drug-likeness (QED) is 0.169. The van der Waals surface area contributed by atoms with Crippen molar-refractivity contribution in [3.05, 3.63) is 107 Å². The highest BCUT2D eigenvalue weighted by Gasteiger charge is 2.13. The molecule has 34 heavy (non-hydrogen) atoms. The third-order valence-corrected chi connectivity index (χ3v) is 5.36. The molecule has 4 aromatic carbocycles. The van der Waals surface area contributed by atoms with Crippen LogP contribution < -0.4 is 14.9 Å². The zero-order chi connectivity index (χ0) is 23.9. The van der Waals surface area contributed by atoms with Crippen molar-refractivity contribution in [2.75, 3.05) is 7.11 Å². The summed E-state index contributed by atoms with van der Waals surface area (Å²) in [5.41, 5.74) is 4.51. The van der Waals surface area contributed by atoms with Gasteiger partial charge in [0, 0.05) is 5.02 Å². The van der Waals surface area contributed by atoms with E-state index in [4.69, 9.17) is 21.1 Å². The van der Waals surface area contributed by atoms with Gasteiger partial charge in [0.2, 0.25) is 5.91 Å². The lowest BCUT2D eigenvalue weighted by atomic mass is 10.0. The Balaban J connectivity index is 1.39. The number of amides is 1. The van der Waals surface area contributed by atoms with E-state index in [1.165, 1.54) is 13.3 Å². The van der Waals surface area contributed by atoms with Gasteiger partial charge in [0.15, 0.2) is 11.5 Å². The van der Waals surface area contributed by atoms with Crippen LogP contribution in [0.5, 0.6) is 11.5 Å². The van der Waals surface area contributed by atoms with Crippen LogP contribution in [0.4, 0.5) is 0 Å². The topological polar surface area (TPSA) is 77.0 Å². The maximum Gasteiger partial charge on any atom is 0.343 e. The first-order valence-corrected chi connectivity index (χ1v) is 10.9. The van der Waals surface area contributed by atoms with Crippen molar-refractivity contribution in [2.24, 2.45) is 5.10 Å². The van der Waals surface area contributed by atoms with Gasteiger partial charge in [-0.3, -0.25) is 4.79 Å². The summed E-state index contributed by atoms with van der Waals surface area (Å²) in [5, 5.41) is 6.69. The maximum atomic E-state index is 12.4. The Labute approximate surface area is 201 Å². The monoisotopic (exact) mass is 472 g/mol. The number of methoxy groups -OCH3 is 1. The summed E-state index contributed by atoms with van der Waals surface area (Å²) in [6, 6.07) is 25.2. The maximum absolute atomic E-state index is 12.4. The van der Waals surface area contributed by atoms with E-state index in [0.29, 0.717) is 21.9 Å². The van der Waals surface area contributed by atoms with E-state index in [-0.39, 0.29) is 18.1 Å². The molecule has 0 radical (unpaired) electrons. The Bertz CT molecular complexity index is 1360. The molecule has 0 saturated carbocycles. The van der Waals surface area contributed by atoms with Crippen LogP contribution in [0.2, 0.25) is 5.02 Å². The molecular weight excluding hydrogens is 452 g/mol. The first kappa shape index (κ1) is 23.0. The first-order valence-electron chi connectivity index (χ1n) is 10.5. The third kappa shape index (κ3) is 5.60. The lowest BCUT2D eigenvalue weighted by Crippen LogP contribution is -2.19. The second kappa shape index (κ2) is 10.6. The third-order valence-electron chi connectivity index (χ3n) is 5.10. The number of benzene rings is 4. The largest absolute Gasteiger partial charge is 0.493 e. The molecule has 0 bridgehead atoms. The number of nitrogens with one attached hydrogen (secondary N) is 1. The van der Waals surface area contributed by atoms with Gasteiger partial charge in [-0.25, -0.2) is 10.2 Å². The lowest BCUT2D eigenvalue weighted by molar-refractivity contribution is -0.120. The Morgan fingerprint density at radius 2 is 1.71 bits per heavy atom. The Morgan fingerprint density at radius 3 is 2.50 bits per heavy atom. The Morgan fingerprint density at radius 1 is 0.941 bits per heavy atom. The molecule has 0 spiro atoms. The Kier molecular flexibility index (Phi) is 7.20. The summed E-state index contributed by atoms with van der Waals surface area (Å²) < 4.78 is 10.8. The molecule has 0 aliphatic rings. The minimum Gasteiger partial charge on any atom is -0.493 e. The van der Waals surface area contributed by atoms with Crippen LogP contribution in [0.25, 0.3) is 10.8 Å². The molecule has 0 atom stereocenters. The number of hydrazone groups is 1. The number of rotatable bonds is 7. The predicted octanol–water partition coefficient (Wildman–Crippen LogP) is 5.41. The number of ether oxygens (including phenoxy) is 2. The number of carbonyl (C=O) groups excluding carboxylic acids is 2. The van der Waals surface area contributed by atoms with Crippen LogP contribution in [0.3, 0.4) is 0 Å². The number of nitrogens with zero attached hydrogens (tertiary/aromatic N) is 1. The fourth-order valence-electron chi connectivity index (χ4n) is 3.43. The summed E-state index contributed by atoms with van der Waals surface area (Å²) in [5.74, 6) is -0.141. The fourth-order valence-corrected chi connectivity index (χ4v) is 3.56. The lowest BCUT2D eigenvalue weighted by Gasteiger charge is -2.10. The molecule has 7 heteroatoms. The van der Waals surface area contributed by atoms with Crippen molar-refractivity contribution in [3.63, 3.8) is 0 Å². The van der Waals surface area contributed by atoms with E-state index < -0.39 is 5.97 Å². The van der Waals surface area contributed by atoms with Gasteiger partial charge < -0.3 is 9.47 Å². The highest BCUT2D eigenvalue weighted by Crippen LogP contribution is 2.28. The average molecular weight is 473 g/mol. The van der Waals surface area contributed by atoms with E-state index in [2.05, 4.69) is 10.5 Å². The molecule has 0 fully saturated rings. The molecule has 0 aliphatic heterocycles. The fraction of sp³-hybridized carbons (Fsp3) is 0.0741. The molecule has 0 aromatic heterocycles. The van der Waals surface area contributed by atoms with Crippen molar-refractivity contribution in [3.8, 4) is 11.5 Å². The standard InChI is InChI=1S/C27H21ClN2O4/c1-33-25-15-18(9-14-24(25)34-27(32)20-10-12-22(28)13-11-20)17-29-30-26(31)16-21-7-4-6-19-5-2-3-8-23(19)21/h2-15,17H,16H2,1H3,(H,30,31)/b29-17+. The van der Waals surface area contributed by atoms with Crippen molar-refractivity contribution >= 4 is 40.5 Å². The zero-order valence-corrected chi connectivity index (χ0v) is 19.1. The van der Waals surface area contributed by atoms with E-state index in [1.807, 2.05) is 42.5 Å². The van der Waals surface area contributed by atoms with Crippen molar-refractivity contribution in [1.82, 2.24) is 5.43 Å². The molecule has 0 aliphatic carbocycles. The van der Waals surface area contributed by atoms with E-state index in [1.54, 1.807) is 42.5 Å². The predicted molar refractivity (Wildman–Crippen MR) is 133 cm³/mol. The van der Waals surface area contributed by atoms with Gasteiger partial charge >= 0.3 is 5.97 Å². The van der Waals surface area contributed by atoms with E-state index in [9.17, 15) is 9.59 Å². The van der Waals surface area contributed by atoms with Crippen LogP contribution in [-0.4, -0.2) is 25.2 Å². The molecule has 0 unspecified atom stereocenters. The first-order chi connectivity index (χ1) is 16.5. The number of fused-ring (bicyclic) bond motifs is 1. The molecular formula is C27H21ClN2O4.